The molecule has 0 amide bonds. The smallest absolute Gasteiger partial charge is 0.125 e. The van der Waals surface area contributed by atoms with Gasteiger partial charge in [-0.15, -0.1) is 0 Å². The Morgan fingerprint density at radius 3 is 2.55 bits per heavy atom. The first-order valence-corrected chi connectivity index (χ1v) is 7.13. The first kappa shape index (κ1) is 15.0. The lowest BCUT2D eigenvalue weighted by Crippen LogP contribution is -2.21. The summed E-state index contributed by atoms with van der Waals surface area (Å²) in [5.74, 6) is -0.308. The van der Waals surface area contributed by atoms with Gasteiger partial charge >= 0.3 is 0 Å². The zero-order chi connectivity index (χ0) is 14.7. The van der Waals surface area contributed by atoms with E-state index in [0.717, 1.165) is 23.2 Å². The van der Waals surface area contributed by atoms with Crippen molar-refractivity contribution >= 4 is 11.6 Å². The summed E-state index contributed by atoms with van der Waals surface area (Å²) in [6.45, 7) is 7.05. The van der Waals surface area contributed by atoms with Crippen LogP contribution in [0.1, 0.15) is 25.0 Å². The Labute approximate surface area is 124 Å². The van der Waals surface area contributed by atoms with Crippen molar-refractivity contribution in [3.63, 3.8) is 0 Å². The molecule has 0 aliphatic carbocycles. The van der Waals surface area contributed by atoms with E-state index >= 15 is 0 Å². The molecule has 1 nitrogen and oxygen atoms in total. The zero-order valence-electron chi connectivity index (χ0n) is 12.0. The fourth-order valence-electron chi connectivity index (χ4n) is 2.12. The molecule has 2 aromatic carbocycles. The Morgan fingerprint density at radius 2 is 1.90 bits per heavy atom. The number of hydrogen-bond acceptors (Lipinski definition) is 1. The molecule has 0 aliphatic heterocycles. The molecule has 0 heterocycles. The second kappa shape index (κ2) is 6.38. The van der Waals surface area contributed by atoms with Crippen LogP contribution in [0.5, 0.6) is 0 Å². The number of benzene rings is 2. The summed E-state index contributed by atoms with van der Waals surface area (Å²) in [6, 6.07) is 11.3. The number of aryl methyl sites for hydroxylation is 1. The van der Waals surface area contributed by atoms with Crippen LogP contribution in [0.25, 0.3) is 11.1 Å². The van der Waals surface area contributed by atoms with Crippen LogP contribution in [0.15, 0.2) is 36.4 Å². The highest BCUT2D eigenvalue weighted by Crippen LogP contribution is 2.28. The lowest BCUT2D eigenvalue weighted by molar-refractivity contribution is 0.589. The maximum absolute atomic E-state index is 13.5. The van der Waals surface area contributed by atoms with Crippen LogP contribution < -0.4 is 5.32 Å². The van der Waals surface area contributed by atoms with Crippen LogP contribution in [0.2, 0.25) is 5.02 Å². The maximum atomic E-state index is 13.5. The quantitative estimate of drug-likeness (QED) is 0.840. The van der Waals surface area contributed by atoms with Crippen LogP contribution in [-0.2, 0) is 6.54 Å². The van der Waals surface area contributed by atoms with Crippen molar-refractivity contribution in [2.75, 3.05) is 0 Å². The standard InChI is InChI=1S/C17H19ClFN/c1-11(2)20-10-13-5-4-12(3)17(6-13)14-7-15(18)9-16(19)8-14/h4-9,11,20H,10H2,1-3H3. The molecule has 1 N–H and O–H groups in total. The van der Waals surface area contributed by atoms with E-state index in [1.165, 1.54) is 17.7 Å². The van der Waals surface area contributed by atoms with Gasteiger partial charge in [-0.2, -0.15) is 0 Å². The molecule has 0 saturated carbocycles. The van der Waals surface area contributed by atoms with Crippen LogP contribution in [-0.4, -0.2) is 6.04 Å². The Kier molecular flexibility index (Phi) is 4.79. The fraction of sp³-hybridized carbons (Fsp3) is 0.294. The summed E-state index contributed by atoms with van der Waals surface area (Å²) in [6.07, 6.45) is 0. The first-order valence-electron chi connectivity index (χ1n) is 6.75. The van der Waals surface area contributed by atoms with E-state index in [0.29, 0.717) is 11.1 Å². The minimum Gasteiger partial charge on any atom is -0.310 e. The van der Waals surface area contributed by atoms with Gasteiger partial charge in [0.15, 0.2) is 0 Å². The molecule has 0 atom stereocenters. The topological polar surface area (TPSA) is 12.0 Å². The van der Waals surface area contributed by atoms with Crippen LogP contribution >= 0.6 is 11.6 Å². The molecule has 0 unspecified atom stereocenters. The molecule has 0 spiro atoms. The summed E-state index contributed by atoms with van der Waals surface area (Å²) in [7, 11) is 0. The summed E-state index contributed by atoms with van der Waals surface area (Å²) in [5, 5.41) is 3.80. The van der Waals surface area contributed by atoms with E-state index in [9.17, 15) is 4.39 Å². The van der Waals surface area contributed by atoms with Gasteiger partial charge < -0.3 is 5.32 Å². The second-order valence-electron chi connectivity index (χ2n) is 5.34. The van der Waals surface area contributed by atoms with Gasteiger partial charge in [0.1, 0.15) is 5.82 Å². The third-order valence-electron chi connectivity index (χ3n) is 3.19. The maximum Gasteiger partial charge on any atom is 0.125 e. The molecule has 106 valence electrons. The van der Waals surface area contributed by atoms with Crippen molar-refractivity contribution in [3.8, 4) is 11.1 Å². The molecule has 2 rings (SSSR count). The average molecular weight is 292 g/mol. The summed E-state index contributed by atoms with van der Waals surface area (Å²) >= 11 is 5.94. The molecule has 0 saturated heterocycles. The molecule has 0 bridgehead atoms. The van der Waals surface area contributed by atoms with Crippen LogP contribution in [0, 0.1) is 12.7 Å². The van der Waals surface area contributed by atoms with Gasteiger partial charge in [0, 0.05) is 17.6 Å². The monoisotopic (exact) mass is 291 g/mol. The second-order valence-corrected chi connectivity index (χ2v) is 5.78. The molecular weight excluding hydrogens is 273 g/mol. The lowest BCUT2D eigenvalue weighted by atomic mass is 9.98. The third kappa shape index (κ3) is 3.81. The SMILES string of the molecule is Cc1ccc(CNC(C)C)cc1-c1cc(F)cc(Cl)c1. The van der Waals surface area contributed by atoms with Crippen molar-refractivity contribution in [2.24, 2.45) is 0 Å². The molecular formula is C17H19ClFN. The average Bonchev–Trinajstić information content (AvgIpc) is 2.36. The predicted molar refractivity (Wildman–Crippen MR) is 83.6 cm³/mol. The van der Waals surface area contributed by atoms with Crippen molar-refractivity contribution in [1.29, 1.82) is 0 Å². The fourth-order valence-corrected chi connectivity index (χ4v) is 2.34. The van der Waals surface area contributed by atoms with E-state index in [1.54, 1.807) is 6.07 Å². The van der Waals surface area contributed by atoms with Gasteiger partial charge in [0.05, 0.1) is 0 Å². The van der Waals surface area contributed by atoms with Crippen LogP contribution in [0.3, 0.4) is 0 Å². The van der Waals surface area contributed by atoms with E-state index in [1.807, 2.05) is 6.92 Å². The highest BCUT2D eigenvalue weighted by atomic mass is 35.5. The predicted octanol–water partition coefficient (Wildman–Crippen LogP) is 4.95. The Hall–Kier alpha value is -1.38. The van der Waals surface area contributed by atoms with Crippen LogP contribution in [0.4, 0.5) is 4.39 Å². The van der Waals surface area contributed by atoms with E-state index < -0.39 is 0 Å². The molecule has 0 fully saturated rings. The Morgan fingerprint density at radius 1 is 1.15 bits per heavy atom. The third-order valence-corrected chi connectivity index (χ3v) is 3.41. The number of hydrogen-bond donors (Lipinski definition) is 1. The van der Waals surface area contributed by atoms with Gasteiger partial charge in [-0.3, -0.25) is 0 Å². The Balaban J connectivity index is 2.37. The normalized spacial score (nSPS) is 11.1. The van der Waals surface area contributed by atoms with E-state index in [-0.39, 0.29) is 5.82 Å². The number of rotatable bonds is 4. The molecule has 0 radical (unpaired) electrons. The molecule has 20 heavy (non-hydrogen) atoms. The lowest BCUT2D eigenvalue weighted by Gasteiger charge is -2.12. The molecule has 3 heteroatoms. The molecule has 0 aromatic heterocycles. The summed E-state index contributed by atoms with van der Waals surface area (Å²) in [4.78, 5) is 0. The largest absolute Gasteiger partial charge is 0.310 e. The zero-order valence-corrected chi connectivity index (χ0v) is 12.8. The van der Waals surface area contributed by atoms with Crippen molar-refractivity contribution in [3.05, 3.63) is 58.4 Å². The highest BCUT2D eigenvalue weighted by Gasteiger charge is 2.07. The van der Waals surface area contributed by atoms with Gasteiger partial charge in [-0.25, -0.2) is 4.39 Å². The van der Waals surface area contributed by atoms with E-state index in [2.05, 4.69) is 37.4 Å². The minimum atomic E-state index is -0.308. The van der Waals surface area contributed by atoms with Gasteiger partial charge in [0.25, 0.3) is 0 Å². The summed E-state index contributed by atoms with van der Waals surface area (Å²) < 4.78 is 13.5. The number of nitrogens with one attached hydrogen (secondary N) is 1. The van der Waals surface area contributed by atoms with Crippen molar-refractivity contribution < 1.29 is 4.39 Å². The number of halogens is 2. The molecule has 2 aromatic rings. The summed E-state index contributed by atoms with van der Waals surface area (Å²) in [5.41, 5.74) is 4.13. The van der Waals surface area contributed by atoms with Gasteiger partial charge in [-0.1, -0.05) is 37.6 Å². The van der Waals surface area contributed by atoms with Crippen molar-refractivity contribution in [2.45, 2.75) is 33.4 Å². The highest BCUT2D eigenvalue weighted by molar-refractivity contribution is 6.30. The van der Waals surface area contributed by atoms with Gasteiger partial charge in [-0.05, 0) is 53.4 Å². The van der Waals surface area contributed by atoms with Gasteiger partial charge in [0.2, 0.25) is 0 Å². The first-order chi connectivity index (χ1) is 9.45. The Bertz CT molecular complexity index is 588. The van der Waals surface area contributed by atoms with Crippen molar-refractivity contribution in [1.82, 2.24) is 5.32 Å². The molecule has 0 aliphatic rings. The van der Waals surface area contributed by atoms with E-state index in [4.69, 9.17) is 11.6 Å². The minimum absolute atomic E-state index is 0.308.